The van der Waals surface area contributed by atoms with Gasteiger partial charge in [0.2, 0.25) is 5.91 Å². The summed E-state index contributed by atoms with van der Waals surface area (Å²) in [5, 5.41) is 15.8. The van der Waals surface area contributed by atoms with Crippen LogP contribution in [-0.2, 0) is 11.8 Å². The van der Waals surface area contributed by atoms with Gasteiger partial charge in [-0.1, -0.05) is 0 Å². The maximum atomic E-state index is 12.5. The molecule has 0 aromatic carbocycles. The minimum Gasteiger partial charge on any atom is -0.356 e. The molecule has 2 atom stereocenters. The molecule has 1 aromatic rings. The topological polar surface area (TPSA) is 74.9 Å². The number of terminal acetylenes is 1. The molecule has 4 rings (SSSR count). The van der Waals surface area contributed by atoms with Crippen molar-refractivity contribution in [2.24, 2.45) is 23.2 Å². The molecule has 28 heavy (non-hydrogen) atoms. The Hall–Kier alpha value is -2.20. The molecule has 1 saturated carbocycles. The molecule has 7 nitrogen and oxygen atoms in total. The molecular weight excluding hydrogens is 352 g/mol. The van der Waals surface area contributed by atoms with Crippen LogP contribution in [-0.4, -0.2) is 45.4 Å². The van der Waals surface area contributed by atoms with E-state index in [0.29, 0.717) is 43.8 Å². The Balaban J connectivity index is 1.33. The third kappa shape index (κ3) is 4.27. The molecule has 1 amide bonds. The Bertz CT molecular complexity index is 768. The summed E-state index contributed by atoms with van der Waals surface area (Å²) in [6.45, 7) is 1.86. The Kier molecular flexibility index (Phi) is 5.49. The number of rotatable bonds is 9. The van der Waals surface area contributed by atoms with Crippen LogP contribution in [0.3, 0.4) is 0 Å². The van der Waals surface area contributed by atoms with Gasteiger partial charge in [0.1, 0.15) is 0 Å². The molecule has 1 saturated heterocycles. The van der Waals surface area contributed by atoms with Crippen molar-refractivity contribution in [3.05, 3.63) is 18.0 Å². The van der Waals surface area contributed by atoms with Crippen LogP contribution in [0.1, 0.15) is 63.1 Å². The van der Waals surface area contributed by atoms with Crippen LogP contribution in [0.2, 0.25) is 0 Å². The number of hydrogen-bond acceptors (Lipinski definition) is 5. The summed E-state index contributed by atoms with van der Waals surface area (Å²) < 4.78 is 1.99. The van der Waals surface area contributed by atoms with Gasteiger partial charge in [-0.15, -0.1) is 12.3 Å². The number of carbonyl (C=O) groups excluding carboxylic acids is 1. The molecule has 3 aliphatic rings. The van der Waals surface area contributed by atoms with Gasteiger partial charge in [0.05, 0.1) is 11.7 Å². The molecule has 0 unspecified atom stereocenters. The monoisotopic (exact) mass is 382 g/mol. The standard InChI is InChI=1S/C21H30N6O/c1-3-4-11-21(24-25-21)12-9-19(28)22-15-16-6-5-14-27(17-7-8-17)20(16)18-10-13-23-26(18)2/h1,10,13,16-17,20H,4-9,11-12,14-15H2,2H3,(H,22,28)/t16-,20+/m1/s1. The van der Waals surface area contributed by atoms with Crippen LogP contribution >= 0.6 is 0 Å². The summed E-state index contributed by atoms with van der Waals surface area (Å²) in [6, 6.07) is 3.17. The Morgan fingerprint density at radius 1 is 1.36 bits per heavy atom. The van der Waals surface area contributed by atoms with Gasteiger partial charge in [0, 0.05) is 51.5 Å². The highest BCUT2D eigenvalue weighted by molar-refractivity contribution is 5.76. The van der Waals surface area contributed by atoms with Crippen molar-refractivity contribution in [3.63, 3.8) is 0 Å². The van der Waals surface area contributed by atoms with Gasteiger partial charge in [-0.3, -0.25) is 14.4 Å². The molecule has 1 aromatic heterocycles. The molecule has 0 bridgehead atoms. The first-order chi connectivity index (χ1) is 13.6. The van der Waals surface area contributed by atoms with Crippen LogP contribution in [0.5, 0.6) is 0 Å². The van der Waals surface area contributed by atoms with Crippen molar-refractivity contribution in [1.29, 1.82) is 0 Å². The number of piperidine rings is 1. The van der Waals surface area contributed by atoms with E-state index in [0.717, 1.165) is 19.4 Å². The van der Waals surface area contributed by atoms with Crippen LogP contribution in [0.25, 0.3) is 0 Å². The summed E-state index contributed by atoms with van der Waals surface area (Å²) in [5.74, 6) is 3.13. The van der Waals surface area contributed by atoms with E-state index in [2.05, 4.69) is 37.5 Å². The fraction of sp³-hybridized carbons (Fsp3) is 0.714. The summed E-state index contributed by atoms with van der Waals surface area (Å²) in [6.07, 6.45) is 14.6. The van der Waals surface area contributed by atoms with Crippen molar-refractivity contribution in [3.8, 4) is 12.3 Å². The van der Waals surface area contributed by atoms with Crippen LogP contribution in [0.4, 0.5) is 0 Å². The van der Waals surface area contributed by atoms with E-state index in [1.807, 2.05) is 17.9 Å². The van der Waals surface area contributed by atoms with Gasteiger partial charge in [0.15, 0.2) is 5.66 Å². The highest BCUT2D eigenvalue weighted by atomic mass is 16.1. The van der Waals surface area contributed by atoms with E-state index in [9.17, 15) is 4.79 Å². The van der Waals surface area contributed by atoms with E-state index in [1.165, 1.54) is 25.0 Å². The second kappa shape index (κ2) is 8.04. The average molecular weight is 383 g/mol. The molecule has 0 radical (unpaired) electrons. The summed E-state index contributed by atoms with van der Waals surface area (Å²) in [7, 11) is 2.02. The zero-order chi connectivity index (χ0) is 19.6. The highest BCUT2D eigenvalue weighted by Crippen LogP contribution is 2.42. The van der Waals surface area contributed by atoms with E-state index in [1.54, 1.807) is 0 Å². The molecule has 0 spiro atoms. The number of aryl methyl sites for hydroxylation is 1. The normalized spacial score (nSPS) is 26.0. The molecule has 2 fully saturated rings. The van der Waals surface area contributed by atoms with Crippen molar-refractivity contribution < 1.29 is 4.79 Å². The fourth-order valence-electron chi connectivity index (χ4n) is 4.53. The molecular formula is C21H30N6O. The van der Waals surface area contributed by atoms with Crippen LogP contribution < -0.4 is 5.32 Å². The van der Waals surface area contributed by atoms with E-state index < -0.39 is 0 Å². The van der Waals surface area contributed by atoms with Gasteiger partial charge in [0.25, 0.3) is 0 Å². The number of amides is 1. The zero-order valence-corrected chi connectivity index (χ0v) is 16.7. The Morgan fingerprint density at radius 2 is 2.18 bits per heavy atom. The van der Waals surface area contributed by atoms with Crippen molar-refractivity contribution in [2.75, 3.05) is 13.1 Å². The predicted octanol–water partition coefficient (Wildman–Crippen LogP) is 2.81. The summed E-state index contributed by atoms with van der Waals surface area (Å²) >= 11 is 0. The number of carbonyl (C=O) groups is 1. The lowest BCUT2D eigenvalue weighted by molar-refractivity contribution is -0.121. The first-order valence-corrected chi connectivity index (χ1v) is 10.5. The van der Waals surface area contributed by atoms with Gasteiger partial charge in [-0.2, -0.15) is 15.3 Å². The van der Waals surface area contributed by atoms with Crippen LogP contribution in [0, 0.1) is 18.3 Å². The van der Waals surface area contributed by atoms with Gasteiger partial charge < -0.3 is 5.32 Å². The summed E-state index contributed by atoms with van der Waals surface area (Å²) in [4.78, 5) is 15.1. The number of nitrogens with zero attached hydrogens (tertiary/aromatic N) is 5. The minimum absolute atomic E-state index is 0.0877. The molecule has 3 heterocycles. The maximum Gasteiger partial charge on any atom is 0.220 e. The second-order valence-electron chi connectivity index (χ2n) is 8.39. The fourth-order valence-corrected chi connectivity index (χ4v) is 4.53. The molecule has 1 N–H and O–H groups in total. The first-order valence-electron chi connectivity index (χ1n) is 10.5. The van der Waals surface area contributed by atoms with Crippen LogP contribution in [0.15, 0.2) is 22.5 Å². The Labute approximate surface area is 167 Å². The smallest absolute Gasteiger partial charge is 0.220 e. The predicted molar refractivity (Wildman–Crippen MR) is 106 cm³/mol. The van der Waals surface area contributed by atoms with E-state index in [4.69, 9.17) is 6.42 Å². The number of nitrogens with one attached hydrogen (secondary N) is 1. The SMILES string of the molecule is C#CCCC1(CCC(=O)NC[C@H]2CCCN(C3CC3)[C@@H]2c2ccnn2C)N=N1. The van der Waals surface area contributed by atoms with Gasteiger partial charge in [-0.05, 0) is 44.2 Å². The average Bonchev–Trinajstić information content (AvgIpc) is 3.63. The lowest BCUT2D eigenvalue weighted by atomic mass is 9.86. The van der Waals surface area contributed by atoms with E-state index in [-0.39, 0.29) is 11.6 Å². The number of aromatic nitrogens is 2. The van der Waals surface area contributed by atoms with Gasteiger partial charge >= 0.3 is 0 Å². The molecule has 7 heteroatoms. The quantitative estimate of drug-likeness (QED) is 0.667. The third-order valence-corrected chi connectivity index (χ3v) is 6.34. The highest BCUT2D eigenvalue weighted by Gasteiger charge is 2.42. The largest absolute Gasteiger partial charge is 0.356 e. The third-order valence-electron chi connectivity index (χ3n) is 6.34. The Morgan fingerprint density at radius 3 is 2.82 bits per heavy atom. The first kappa shape index (κ1) is 19.1. The van der Waals surface area contributed by atoms with Crippen molar-refractivity contribution >= 4 is 5.91 Å². The lowest BCUT2D eigenvalue weighted by Gasteiger charge is -2.41. The molecule has 2 aliphatic heterocycles. The van der Waals surface area contributed by atoms with Crippen molar-refractivity contribution in [1.82, 2.24) is 20.0 Å². The van der Waals surface area contributed by atoms with E-state index >= 15 is 0 Å². The summed E-state index contributed by atoms with van der Waals surface area (Å²) in [5.41, 5.74) is 0.879. The van der Waals surface area contributed by atoms with Crippen molar-refractivity contribution in [2.45, 2.75) is 69.1 Å². The molecule has 150 valence electrons. The second-order valence-corrected chi connectivity index (χ2v) is 8.39. The molecule has 1 aliphatic carbocycles. The maximum absolute atomic E-state index is 12.5. The number of likely N-dealkylation sites (tertiary alicyclic amines) is 1. The minimum atomic E-state index is -0.380. The lowest BCUT2D eigenvalue weighted by Crippen LogP contribution is -2.45. The number of hydrogen-bond donors (Lipinski definition) is 1. The van der Waals surface area contributed by atoms with Gasteiger partial charge in [-0.25, -0.2) is 0 Å². The zero-order valence-electron chi connectivity index (χ0n) is 16.7.